The zero-order chi connectivity index (χ0) is 25.2. The highest BCUT2D eigenvalue weighted by Crippen LogP contribution is 2.35. The third kappa shape index (κ3) is 5.33. The van der Waals surface area contributed by atoms with Crippen molar-refractivity contribution in [2.75, 3.05) is 32.4 Å². The zero-order valence-electron chi connectivity index (χ0n) is 20.6. The van der Waals surface area contributed by atoms with Crippen LogP contribution in [0.3, 0.4) is 0 Å². The molecule has 0 spiro atoms. The number of hydrogen-bond donors (Lipinski definition) is 0. The van der Waals surface area contributed by atoms with E-state index in [9.17, 15) is 9.35 Å². The molecule has 2 unspecified atom stereocenters. The largest absolute Gasteiger partial charge is 0.598 e. The van der Waals surface area contributed by atoms with Crippen molar-refractivity contribution in [3.63, 3.8) is 0 Å². The van der Waals surface area contributed by atoms with E-state index in [0.717, 1.165) is 64.5 Å². The first kappa shape index (κ1) is 24.9. The van der Waals surface area contributed by atoms with Crippen LogP contribution in [0.25, 0.3) is 21.2 Å². The van der Waals surface area contributed by atoms with Gasteiger partial charge in [-0.2, -0.15) is 0 Å². The maximum absolute atomic E-state index is 13.0. The Morgan fingerprint density at radius 1 is 1.14 bits per heavy atom. The van der Waals surface area contributed by atoms with Crippen LogP contribution < -0.4 is 10.3 Å². The number of nitrogens with zero attached hydrogens (tertiary/aromatic N) is 5. The standard InChI is InChI=1S/C26H29N5O3S2/c1-18(23-6-4-5-8-27-23)34-24-14-19(7-9-28-24)22-17-29(2)26(32)21-15-20(35-25(21)22)16-30-10-12-31(13-11-30)36(3)33/h4-9,14-15,17-18H,10-13,16H2,1-3H3. The van der Waals surface area contributed by atoms with Crippen LogP contribution in [0.15, 0.2) is 59.8 Å². The molecule has 5 heterocycles. The minimum atomic E-state index is -0.926. The van der Waals surface area contributed by atoms with Gasteiger partial charge in [-0.1, -0.05) is 6.07 Å². The predicted molar refractivity (Wildman–Crippen MR) is 144 cm³/mol. The zero-order valence-corrected chi connectivity index (χ0v) is 22.2. The number of ether oxygens (including phenoxy) is 1. The van der Waals surface area contributed by atoms with Gasteiger partial charge in [-0.25, -0.2) is 4.98 Å². The molecule has 10 heteroatoms. The fourth-order valence-corrected chi connectivity index (χ4v) is 6.35. The topological polar surface area (TPSA) is 86.5 Å². The SMILES string of the molecule is CC(Oc1cc(-c2cn(C)c(=O)c3cc(CN4CCN([S+](C)[O-])CC4)sc23)ccn1)c1ccccn1. The van der Waals surface area contributed by atoms with Crippen LogP contribution in [0.1, 0.15) is 23.6 Å². The number of aryl methyl sites for hydroxylation is 1. The smallest absolute Gasteiger partial charge is 0.259 e. The van der Waals surface area contributed by atoms with Crippen molar-refractivity contribution in [3.8, 4) is 17.0 Å². The predicted octanol–water partition coefficient (Wildman–Crippen LogP) is 3.61. The molecule has 1 aliphatic heterocycles. The van der Waals surface area contributed by atoms with Crippen molar-refractivity contribution in [2.24, 2.45) is 7.05 Å². The Morgan fingerprint density at radius 2 is 1.94 bits per heavy atom. The van der Waals surface area contributed by atoms with E-state index in [1.165, 1.54) is 0 Å². The highest BCUT2D eigenvalue weighted by atomic mass is 32.2. The van der Waals surface area contributed by atoms with Crippen molar-refractivity contribution in [1.29, 1.82) is 0 Å². The highest BCUT2D eigenvalue weighted by molar-refractivity contribution is 7.88. The summed E-state index contributed by atoms with van der Waals surface area (Å²) in [6, 6.07) is 11.6. The first-order valence-corrected chi connectivity index (χ1v) is 14.2. The molecule has 1 aliphatic rings. The van der Waals surface area contributed by atoms with Crippen molar-refractivity contribution in [3.05, 3.63) is 75.9 Å². The normalized spacial score (nSPS) is 16.8. The second-order valence-electron chi connectivity index (χ2n) is 8.94. The Bertz CT molecular complexity index is 1400. The summed E-state index contributed by atoms with van der Waals surface area (Å²) in [6.45, 7) is 6.02. The molecule has 0 N–H and O–H groups in total. The van der Waals surface area contributed by atoms with Crippen LogP contribution in [0.2, 0.25) is 0 Å². The van der Waals surface area contributed by atoms with Gasteiger partial charge in [-0.05, 0) is 36.8 Å². The maximum atomic E-state index is 13.0. The van der Waals surface area contributed by atoms with Crippen LogP contribution >= 0.6 is 11.3 Å². The van der Waals surface area contributed by atoms with Crippen LogP contribution in [0, 0.1) is 0 Å². The van der Waals surface area contributed by atoms with E-state index in [0.29, 0.717) is 5.88 Å². The lowest BCUT2D eigenvalue weighted by molar-refractivity contribution is 0.183. The molecule has 0 saturated carbocycles. The van der Waals surface area contributed by atoms with Crippen LogP contribution in [-0.4, -0.2) is 60.7 Å². The summed E-state index contributed by atoms with van der Waals surface area (Å²) in [5.41, 5.74) is 2.76. The second-order valence-corrected chi connectivity index (χ2v) is 11.4. The van der Waals surface area contributed by atoms with Gasteiger partial charge in [0.15, 0.2) is 0 Å². The van der Waals surface area contributed by atoms with Crippen molar-refractivity contribution in [2.45, 2.75) is 19.6 Å². The average molecular weight is 524 g/mol. The summed E-state index contributed by atoms with van der Waals surface area (Å²) < 4.78 is 22.4. The monoisotopic (exact) mass is 523 g/mol. The molecule has 0 aromatic carbocycles. The number of pyridine rings is 3. The molecule has 1 saturated heterocycles. The Balaban J connectivity index is 1.42. The molecule has 0 bridgehead atoms. The molecule has 4 aromatic heterocycles. The summed E-state index contributed by atoms with van der Waals surface area (Å²) in [5.74, 6) is 0.510. The molecule has 4 aromatic rings. The molecular weight excluding hydrogens is 494 g/mol. The van der Waals surface area contributed by atoms with E-state index in [-0.39, 0.29) is 11.7 Å². The Hall–Kier alpha value is -2.76. The first-order valence-electron chi connectivity index (χ1n) is 11.9. The van der Waals surface area contributed by atoms with Crippen molar-refractivity contribution >= 4 is 32.8 Å². The fourth-order valence-electron chi connectivity index (χ4n) is 4.45. The summed E-state index contributed by atoms with van der Waals surface area (Å²) in [6.07, 6.45) is 6.86. The van der Waals surface area contributed by atoms with Gasteiger partial charge < -0.3 is 13.9 Å². The summed E-state index contributed by atoms with van der Waals surface area (Å²) in [5, 5.41) is 0.726. The number of fused-ring (bicyclic) bond motifs is 1. The van der Waals surface area contributed by atoms with Crippen molar-refractivity contribution < 1.29 is 9.29 Å². The van der Waals surface area contributed by atoms with E-state index >= 15 is 0 Å². The molecule has 188 valence electrons. The molecule has 0 amide bonds. The average Bonchev–Trinajstić information content (AvgIpc) is 3.31. The Labute approximate surface area is 217 Å². The number of hydrogen-bond acceptors (Lipinski definition) is 8. The molecule has 2 atom stereocenters. The van der Waals surface area contributed by atoms with Gasteiger partial charge >= 0.3 is 0 Å². The highest BCUT2D eigenvalue weighted by Gasteiger charge is 2.24. The van der Waals surface area contributed by atoms with Gasteiger partial charge in [0.1, 0.15) is 12.4 Å². The summed E-state index contributed by atoms with van der Waals surface area (Å²) in [7, 11) is 1.79. The Kier molecular flexibility index (Phi) is 7.40. The second kappa shape index (κ2) is 10.7. The molecular formula is C26H29N5O3S2. The number of thiophene rings is 1. The van der Waals surface area contributed by atoms with E-state index in [1.54, 1.807) is 41.6 Å². The summed E-state index contributed by atoms with van der Waals surface area (Å²) >= 11 is 0.733. The number of piperazine rings is 1. The lowest BCUT2D eigenvalue weighted by Crippen LogP contribution is -2.47. The van der Waals surface area contributed by atoms with Gasteiger partial charge in [0, 0.05) is 77.8 Å². The molecule has 36 heavy (non-hydrogen) atoms. The first-order chi connectivity index (χ1) is 17.4. The van der Waals surface area contributed by atoms with Crippen molar-refractivity contribution in [1.82, 2.24) is 23.7 Å². The van der Waals surface area contributed by atoms with E-state index in [4.69, 9.17) is 4.74 Å². The van der Waals surface area contributed by atoms with E-state index < -0.39 is 11.4 Å². The molecule has 0 aliphatic carbocycles. The lowest BCUT2D eigenvalue weighted by Gasteiger charge is -2.32. The van der Waals surface area contributed by atoms with Gasteiger partial charge in [-0.15, -0.1) is 15.6 Å². The van der Waals surface area contributed by atoms with Crippen LogP contribution in [-0.2, 0) is 25.0 Å². The lowest BCUT2D eigenvalue weighted by atomic mass is 10.1. The Morgan fingerprint density at radius 3 is 2.67 bits per heavy atom. The minimum absolute atomic E-state index is 0.00301. The molecule has 0 radical (unpaired) electrons. The summed E-state index contributed by atoms with van der Waals surface area (Å²) in [4.78, 5) is 25.3. The number of rotatable bonds is 7. The van der Waals surface area contributed by atoms with Crippen LogP contribution in [0.4, 0.5) is 0 Å². The molecule has 5 rings (SSSR count). The van der Waals surface area contributed by atoms with Crippen LogP contribution in [0.5, 0.6) is 5.88 Å². The third-order valence-electron chi connectivity index (χ3n) is 6.42. The number of aromatic nitrogens is 3. The van der Waals surface area contributed by atoms with Gasteiger partial charge in [0.05, 0.1) is 24.2 Å². The van der Waals surface area contributed by atoms with Gasteiger partial charge in [-0.3, -0.25) is 14.7 Å². The van der Waals surface area contributed by atoms with Gasteiger partial charge in [0.25, 0.3) is 5.56 Å². The van der Waals surface area contributed by atoms with E-state index in [2.05, 4.69) is 14.9 Å². The quantitative estimate of drug-likeness (QED) is 0.342. The maximum Gasteiger partial charge on any atom is 0.259 e. The van der Waals surface area contributed by atoms with Gasteiger partial charge in [0.2, 0.25) is 5.88 Å². The molecule has 8 nitrogen and oxygen atoms in total. The van der Waals surface area contributed by atoms with E-state index in [1.807, 2.05) is 53.8 Å². The fraction of sp³-hybridized carbons (Fsp3) is 0.346. The minimum Gasteiger partial charge on any atom is -0.598 e. The third-order valence-corrected chi connectivity index (χ3v) is 8.67. The molecule has 1 fully saturated rings.